The highest BCUT2D eigenvalue weighted by Crippen LogP contribution is 2.60. The molecular weight excluding hydrogens is 488 g/mol. The first-order chi connectivity index (χ1) is 17.9. The van der Waals surface area contributed by atoms with Gasteiger partial charge in [0.15, 0.2) is 6.10 Å². The number of rotatable bonds is 12. The lowest BCUT2D eigenvalue weighted by Gasteiger charge is -2.51. The number of fused-ring (bicyclic) bond motifs is 1. The van der Waals surface area contributed by atoms with Crippen LogP contribution in [-0.4, -0.2) is 31.6 Å². The van der Waals surface area contributed by atoms with Gasteiger partial charge in [-0.25, -0.2) is 4.79 Å². The van der Waals surface area contributed by atoms with E-state index in [1.807, 2.05) is 36.4 Å². The van der Waals surface area contributed by atoms with Gasteiger partial charge in [0, 0.05) is 6.10 Å². The Labute approximate surface area is 233 Å². The van der Waals surface area contributed by atoms with Crippen LogP contribution in [0.1, 0.15) is 99.5 Å². The van der Waals surface area contributed by atoms with Crippen LogP contribution in [0.25, 0.3) is 0 Å². The van der Waals surface area contributed by atoms with Crippen LogP contribution in [0.15, 0.2) is 42.5 Å². The number of carbonyl (C=O) groups is 1. The number of hydrogen-bond donors (Lipinski definition) is 1. The van der Waals surface area contributed by atoms with Gasteiger partial charge in [-0.2, -0.15) is 0 Å². The third-order valence-corrected chi connectivity index (χ3v) is 16.3. The topological polar surface area (TPSA) is 55.8 Å². The van der Waals surface area contributed by atoms with Crippen molar-refractivity contribution in [2.24, 2.45) is 23.2 Å². The molecule has 214 valence electrons. The van der Waals surface area contributed by atoms with Crippen LogP contribution in [0.5, 0.6) is 0 Å². The monoisotopic (exact) mass is 542 g/mol. The summed E-state index contributed by atoms with van der Waals surface area (Å²) in [5.41, 5.74) is 3.06. The average molecular weight is 543 g/mol. The molecular formula is C33H54O4Si. The summed E-state index contributed by atoms with van der Waals surface area (Å²) in [6.07, 6.45) is 9.88. The molecule has 0 aliphatic heterocycles. The summed E-state index contributed by atoms with van der Waals surface area (Å²) < 4.78 is 12.7. The van der Waals surface area contributed by atoms with Crippen molar-refractivity contribution in [3.8, 4) is 0 Å². The van der Waals surface area contributed by atoms with Gasteiger partial charge in [-0.3, -0.25) is 0 Å². The van der Waals surface area contributed by atoms with Crippen molar-refractivity contribution in [2.75, 3.05) is 0 Å². The van der Waals surface area contributed by atoms with Crippen LogP contribution in [0.3, 0.4) is 0 Å². The first kappa shape index (κ1) is 31.1. The molecule has 1 aromatic rings. The number of esters is 1. The second kappa shape index (κ2) is 13.3. The Balaban J connectivity index is 1.60. The summed E-state index contributed by atoms with van der Waals surface area (Å²) in [5.74, 6) is 1.18. The van der Waals surface area contributed by atoms with E-state index in [0.29, 0.717) is 45.9 Å². The Morgan fingerprint density at radius 1 is 1.03 bits per heavy atom. The maximum absolute atomic E-state index is 12.2. The van der Waals surface area contributed by atoms with E-state index in [4.69, 9.17) is 9.16 Å². The van der Waals surface area contributed by atoms with E-state index in [2.05, 4.69) is 55.4 Å². The standard InChI is InChI=1S/C33H54O4Si/c1-23(2)38(24(3)4,25(5)6)37-31-18-13-21-33(8)28(19-20-29(31)33)26(7)14-12-17-30(34)32(35)36-22-27-15-10-9-11-16-27/h9-12,15-17,23-26,28-31,34H,13-14,18-22H2,1-8H3/b17-12+/t26-,28-,29+,30+,31+,33-/m1/s1. The molecule has 3 rings (SSSR count). The summed E-state index contributed by atoms with van der Waals surface area (Å²) in [6, 6.07) is 9.56. The Hall–Kier alpha value is -1.43. The molecule has 5 heteroatoms. The molecule has 2 aliphatic rings. The van der Waals surface area contributed by atoms with Gasteiger partial charge < -0.3 is 14.3 Å². The molecule has 2 fully saturated rings. The van der Waals surface area contributed by atoms with E-state index in [0.717, 1.165) is 12.0 Å². The van der Waals surface area contributed by atoms with E-state index in [1.165, 1.54) is 32.1 Å². The highest BCUT2D eigenvalue weighted by Gasteiger charge is 2.55. The molecule has 0 bridgehead atoms. The first-order valence-electron chi connectivity index (χ1n) is 15.2. The zero-order valence-corrected chi connectivity index (χ0v) is 26.3. The lowest BCUT2D eigenvalue weighted by Crippen LogP contribution is -2.54. The average Bonchev–Trinajstić information content (AvgIpc) is 3.23. The smallest absolute Gasteiger partial charge is 0.339 e. The van der Waals surface area contributed by atoms with E-state index < -0.39 is 20.4 Å². The van der Waals surface area contributed by atoms with E-state index in [-0.39, 0.29) is 6.61 Å². The minimum absolute atomic E-state index is 0.181. The second-order valence-electron chi connectivity index (χ2n) is 13.3. The minimum atomic E-state index is -1.91. The zero-order valence-electron chi connectivity index (χ0n) is 25.3. The van der Waals surface area contributed by atoms with Crippen molar-refractivity contribution < 1.29 is 19.1 Å². The number of ether oxygens (including phenoxy) is 1. The van der Waals surface area contributed by atoms with Crippen LogP contribution in [0.4, 0.5) is 0 Å². The van der Waals surface area contributed by atoms with Gasteiger partial charge in [0.25, 0.3) is 0 Å². The lowest BCUT2D eigenvalue weighted by atomic mass is 9.61. The van der Waals surface area contributed by atoms with Crippen molar-refractivity contribution in [3.05, 3.63) is 48.0 Å². The van der Waals surface area contributed by atoms with Gasteiger partial charge in [0.1, 0.15) is 6.61 Å². The second-order valence-corrected chi connectivity index (χ2v) is 18.7. The zero-order chi connectivity index (χ0) is 28.1. The molecule has 4 nitrogen and oxygen atoms in total. The van der Waals surface area contributed by atoms with E-state index >= 15 is 0 Å². The predicted molar refractivity (Wildman–Crippen MR) is 159 cm³/mol. The largest absolute Gasteiger partial charge is 0.459 e. The molecule has 0 spiro atoms. The van der Waals surface area contributed by atoms with Crippen molar-refractivity contribution in [3.63, 3.8) is 0 Å². The van der Waals surface area contributed by atoms with Crippen molar-refractivity contribution in [1.29, 1.82) is 0 Å². The summed E-state index contributed by atoms with van der Waals surface area (Å²) in [4.78, 5) is 12.2. The normalized spacial score (nSPS) is 27.7. The molecule has 1 aromatic carbocycles. The van der Waals surface area contributed by atoms with Gasteiger partial charge in [-0.15, -0.1) is 0 Å². The molecule has 1 N–H and O–H groups in total. The van der Waals surface area contributed by atoms with E-state index in [9.17, 15) is 9.90 Å². The van der Waals surface area contributed by atoms with Crippen LogP contribution in [-0.2, 0) is 20.6 Å². The Morgan fingerprint density at radius 2 is 1.66 bits per heavy atom. The van der Waals surface area contributed by atoms with Crippen molar-refractivity contribution in [1.82, 2.24) is 0 Å². The molecule has 0 saturated heterocycles. The molecule has 0 unspecified atom stereocenters. The number of benzene rings is 1. The van der Waals surface area contributed by atoms with Crippen molar-refractivity contribution >= 4 is 14.3 Å². The van der Waals surface area contributed by atoms with Gasteiger partial charge in [-0.05, 0) is 83.5 Å². The third kappa shape index (κ3) is 6.64. The fraction of sp³-hybridized carbons (Fsp3) is 0.727. The fourth-order valence-corrected chi connectivity index (χ4v) is 14.0. The van der Waals surface area contributed by atoms with Crippen LogP contribution < -0.4 is 0 Å². The molecule has 2 aliphatic carbocycles. The molecule has 0 amide bonds. The third-order valence-electron chi connectivity index (χ3n) is 10.2. The SMILES string of the molecule is CC(C)[Si](O[C@H]1CCC[C@]2(C)[C@@H]([C@H](C)C/C=C/[C@H](O)C(=O)OCc3ccccc3)CC[C@@H]12)(C(C)C)C(C)C. The molecule has 38 heavy (non-hydrogen) atoms. The number of allylic oxidation sites excluding steroid dienone is 1. The van der Waals surface area contributed by atoms with Crippen molar-refractivity contribution in [2.45, 2.75) is 129 Å². The number of hydrogen-bond acceptors (Lipinski definition) is 4. The quantitative estimate of drug-likeness (QED) is 0.163. The fourth-order valence-electron chi connectivity index (χ4n) is 8.39. The summed E-state index contributed by atoms with van der Waals surface area (Å²) in [7, 11) is -1.91. The Bertz CT molecular complexity index is 889. The molecule has 0 aromatic heterocycles. The molecule has 2 saturated carbocycles. The number of carbonyl (C=O) groups excluding carboxylic acids is 1. The van der Waals surface area contributed by atoms with Crippen LogP contribution >= 0.6 is 0 Å². The minimum Gasteiger partial charge on any atom is -0.459 e. The van der Waals surface area contributed by atoms with Gasteiger partial charge in [0.05, 0.1) is 0 Å². The van der Waals surface area contributed by atoms with Gasteiger partial charge >= 0.3 is 5.97 Å². The summed E-state index contributed by atoms with van der Waals surface area (Å²) in [5, 5.41) is 10.3. The molecule has 6 atom stereocenters. The Kier molecular flexibility index (Phi) is 10.9. The van der Waals surface area contributed by atoms with E-state index in [1.54, 1.807) is 6.08 Å². The highest BCUT2D eigenvalue weighted by atomic mass is 28.4. The Morgan fingerprint density at radius 3 is 2.26 bits per heavy atom. The van der Waals surface area contributed by atoms with Gasteiger partial charge in [0.2, 0.25) is 8.32 Å². The number of aliphatic hydroxyl groups is 1. The maximum atomic E-state index is 12.2. The van der Waals surface area contributed by atoms with Crippen LogP contribution in [0.2, 0.25) is 16.6 Å². The van der Waals surface area contributed by atoms with Crippen LogP contribution in [0, 0.1) is 23.2 Å². The highest BCUT2D eigenvalue weighted by molar-refractivity contribution is 6.77. The van der Waals surface area contributed by atoms with Gasteiger partial charge in [-0.1, -0.05) is 98.2 Å². The lowest BCUT2D eigenvalue weighted by molar-refractivity contribution is -0.152. The summed E-state index contributed by atoms with van der Waals surface area (Å²) in [6.45, 7) is 19.4. The molecule has 0 heterocycles. The first-order valence-corrected chi connectivity index (χ1v) is 17.3. The summed E-state index contributed by atoms with van der Waals surface area (Å²) >= 11 is 0. The number of aliphatic hydroxyl groups excluding tert-OH is 1. The maximum Gasteiger partial charge on any atom is 0.339 e. The predicted octanol–water partition coefficient (Wildman–Crippen LogP) is 8.45. The molecule has 0 radical (unpaired) electrons.